The van der Waals surface area contributed by atoms with Crippen molar-refractivity contribution < 1.29 is 13.6 Å². The summed E-state index contributed by atoms with van der Waals surface area (Å²) >= 11 is 0. The molecule has 0 aliphatic carbocycles. The highest BCUT2D eigenvalue weighted by atomic mass is 19.1. The van der Waals surface area contributed by atoms with E-state index in [0.29, 0.717) is 0 Å². The number of carbonyl (C=O) groups excluding carboxylic acids is 1. The van der Waals surface area contributed by atoms with E-state index in [1.807, 2.05) is 30.3 Å². The summed E-state index contributed by atoms with van der Waals surface area (Å²) < 4.78 is 26.7. The van der Waals surface area contributed by atoms with Gasteiger partial charge in [-0.15, -0.1) is 0 Å². The Bertz CT molecular complexity index is 779. The molecular formula is C19H14F2N2O. The van der Waals surface area contributed by atoms with Crippen molar-refractivity contribution in [1.82, 2.24) is 10.3 Å². The van der Waals surface area contributed by atoms with E-state index in [1.54, 1.807) is 24.5 Å². The Labute approximate surface area is 138 Å². The van der Waals surface area contributed by atoms with Crippen molar-refractivity contribution in [1.29, 1.82) is 0 Å². The van der Waals surface area contributed by atoms with E-state index in [1.165, 1.54) is 0 Å². The maximum Gasteiger partial charge on any atom is 0.252 e. The van der Waals surface area contributed by atoms with Crippen LogP contribution in [-0.2, 0) is 0 Å². The molecule has 0 saturated carbocycles. The number of nitrogens with zero attached hydrogens (tertiary/aromatic N) is 1. The van der Waals surface area contributed by atoms with Crippen molar-refractivity contribution in [2.24, 2.45) is 0 Å². The molecule has 0 radical (unpaired) electrons. The fourth-order valence-corrected chi connectivity index (χ4v) is 2.46. The lowest BCUT2D eigenvalue weighted by Crippen LogP contribution is -2.29. The first-order chi connectivity index (χ1) is 11.6. The topological polar surface area (TPSA) is 42.0 Å². The fourth-order valence-electron chi connectivity index (χ4n) is 2.46. The van der Waals surface area contributed by atoms with Crippen molar-refractivity contribution in [2.45, 2.75) is 6.04 Å². The van der Waals surface area contributed by atoms with E-state index in [-0.39, 0.29) is 5.56 Å². The second kappa shape index (κ2) is 7.00. The van der Waals surface area contributed by atoms with Gasteiger partial charge in [-0.1, -0.05) is 30.3 Å². The molecule has 0 fully saturated rings. The third-order valence-corrected chi connectivity index (χ3v) is 3.57. The van der Waals surface area contributed by atoms with Crippen LogP contribution in [0, 0.1) is 11.6 Å². The van der Waals surface area contributed by atoms with Crippen LogP contribution >= 0.6 is 0 Å². The summed E-state index contributed by atoms with van der Waals surface area (Å²) in [6.45, 7) is 0. The van der Waals surface area contributed by atoms with E-state index in [2.05, 4.69) is 10.3 Å². The Morgan fingerprint density at radius 2 is 1.46 bits per heavy atom. The minimum Gasteiger partial charge on any atom is -0.341 e. The number of rotatable bonds is 4. The minimum absolute atomic E-state index is 0.0671. The van der Waals surface area contributed by atoms with Crippen LogP contribution in [0.5, 0.6) is 0 Å². The fraction of sp³-hybridized carbons (Fsp3) is 0.0526. The molecular weight excluding hydrogens is 310 g/mol. The van der Waals surface area contributed by atoms with Crippen LogP contribution in [0.3, 0.4) is 0 Å². The number of halogens is 2. The van der Waals surface area contributed by atoms with Crippen molar-refractivity contribution >= 4 is 5.91 Å². The lowest BCUT2D eigenvalue weighted by molar-refractivity contribution is 0.0942. The minimum atomic E-state index is -0.791. The van der Waals surface area contributed by atoms with Crippen LogP contribution in [0.25, 0.3) is 0 Å². The summed E-state index contributed by atoms with van der Waals surface area (Å²) in [6, 6.07) is 15.2. The first kappa shape index (κ1) is 15.8. The van der Waals surface area contributed by atoms with Gasteiger partial charge in [0.25, 0.3) is 5.91 Å². The molecule has 0 unspecified atom stereocenters. The molecule has 1 N–H and O–H groups in total. The number of nitrogens with one attached hydrogen (secondary N) is 1. The summed E-state index contributed by atoms with van der Waals surface area (Å²) in [4.78, 5) is 16.4. The van der Waals surface area contributed by atoms with E-state index < -0.39 is 23.6 Å². The quantitative estimate of drug-likeness (QED) is 0.791. The number of aromatic nitrogens is 1. The first-order valence-corrected chi connectivity index (χ1v) is 7.35. The Balaban J connectivity index is 1.93. The molecule has 1 heterocycles. The van der Waals surface area contributed by atoms with Crippen LogP contribution in [0.15, 0.2) is 73.1 Å². The second-order valence-corrected chi connectivity index (χ2v) is 5.26. The van der Waals surface area contributed by atoms with Gasteiger partial charge in [0, 0.05) is 24.0 Å². The zero-order chi connectivity index (χ0) is 16.9. The van der Waals surface area contributed by atoms with Gasteiger partial charge in [-0.2, -0.15) is 0 Å². The zero-order valence-corrected chi connectivity index (χ0v) is 12.6. The van der Waals surface area contributed by atoms with Crippen LogP contribution < -0.4 is 5.32 Å². The van der Waals surface area contributed by atoms with E-state index in [4.69, 9.17) is 0 Å². The van der Waals surface area contributed by atoms with Crippen molar-refractivity contribution in [3.05, 3.63) is 101 Å². The van der Waals surface area contributed by atoms with E-state index >= 15 is 0 Å². The summed E-state index contributed by atoms with van der Waals surface area (Å²) in [5, 5.41) is 2.82. The summed E-state index contributed by atoms with van der Waals surface area (Å²) in [5.74, 6) is -2.14. The smallest absolute Gasteiger partial charge is 0.252 e. The molecule has 2 aromatic carbocycles. The summed E-state index contributed by atoms with van der Waals surface area (Å²) in [7, 11) is 0. The molecule has 0 aliphatic heterocycles. The molecule has 3 aromatic rings. The van der Waals surface area contributed by atoms with Crippen LogP contribution in [-0.4, -0.2) is 10.9 Å². The van der Waals surface area contributed by atoms with Crippen LogP contribution in [0.1, 0.15) is 27.5 Å². The number of hydrogen-bond donors (Lipinski definition) is 1. The van der Waals surface area contributed by atoms with Gasteiger partial charge >= 0.3 is 0 Å². The Hall–Kier alpha value is -3.08. The Morgan fingerprint density at radius 3 is 2.08 bits per heavy atom. The Kier molecular flexibility index (Phi) is 4.61. The lowest BCUT2D eigenvalue weighted by atomic mass is 9.99. The molecule has 0 saturated heterocycles. The molecule has 3 rings (SSSR count). The zero-order valence-electron chi connectivity index (χ0n) is 12.6. The van der Waals surface area contributed by atoms with Gasteiger partial charge in [-0.3, -0.25) is 9.78 Å². The van der Waals surface area contributed by atoms with Gasteiger partial charge in [-0.05, 0) is 35.4 Å². The molecule has 3 nitrogen and oxygen atoms in total. The van der Waals surface area contributed by atoms with Gasteiger partial charge in [0.2, 0.25) is 0 Å². The predicted molar refractivity (Wildman–Crippen MR) is 86.3 cm³/mol. The molecule has 0 aliphatic rings. The highest BCUT2D eigenvalue weighted by Gasteiger charge is 2.18. The van der Waals surface area contributed by atoms with Crippen molar-refractivity contribution in [3.8, 4) is 0 Å². The SMILES string of the molecule is O=C(N[C@@H](c1ccccc1)c1ccncc1)c1cc(F)cc(F)c1. The van der Waals surface area contributed by atoms with Crippen molar-refractivity contribution in [3.63, 3.8) is 0 Å². The van der Waals surface area contributed by atoms with Gasteiger partial charge in [-0.25, -0.2) is 8.78 Å². The molecule has 5 heteroatoms. The maximum absolute atomic E-state index is 13.3. The molecule has 1 atom stereocenters. The third kappa shape index (κ3) is 3.63. The predicted octanol–water partition coefficient (Wildman–Crippen LogP) is 3.88. The van der Waals surface area contributed by atoms with E-state index in [0.717, 1.165) is 29.3 Å². The standard InChI is InChI=1S/C19H14F2N2O/c20-16-10-15(11-17(21)12-16)19(24)23-18(13-4-2-1-3-5-13)14-6-8-22-9-7-14/h1-12,18H,(H,23,24)/t18-/m0/s1. The lowest BCUT2D eigenvalue weighted by Gasteiger charge is -2.20. The summed E-state index contributed by atoms with van der Waals surface area (Å²) in [6.07, 6.45) is 3.25. The van der Waals surface area contributed by atoms with Gasteiger partial charge in [0.05, 0.1) is 6.04 Å². The van der Waals surface area contributed by atoms with Gasteiger partial charge in [0.15, 0.2) is 0 Å². The number of pyridine rings is 1. The van der Waals surface area contributed by atoms with Crippen LogP contribution in [0.2, 0.25) is 0 Å². The Morgan fingerprint density at radius 1 is 0.875 bits per heavy atom. The third-order valence-electron chi connectivity index (χ3n) is 3.57. The van der Waals surface area contributed by atoms with Crippen LogP contribution in [0.4, 0.5) is 8.78 Å². The maximum atomic E-state index is 13.3. The number of amides is 1. The average molecular weight is 324 g/mol. The number of benzene rings is 2. The normalized spacial score (nSPS) is 11.8. The molecule has 0 bridgehead atoms. The van der Waals surface area contributed by atoms with Gasteiger partial charge < -0.3 is 5.32 Å². The first-order valence-electron chi connectivity index (χ1n) is 7.35. The molecule has 0 spiro atoms. The largest absolute Gasteiger partial charge is 0.341 e. The number of hydrogen-bond acceptors (Lipinski definition) is 2. The monoisotopic (exact) mass is 324 g/mol. The second-order valence-electron chi connectivity index (χ2n) is 5.26. The highest BCUT2D eigenvalue weighted by Crippen LogP contribution is 2.22. The highest BCUT2D eigenvalue weighted by molar-refractivity contribution is 5.94. The van der Waals surface area contributed by atoms with Gasteiger partial charge in [0.1, 0.15) is 11.6 Å². The summed E-state index contributed by atoms with van der Waals surface area (Å²) in [5.41, 5.74) is 1.61. The number of carbonyl (C=O) groups is 1. The van der Waals surface area contributed by atoms with Crippen molar-refractivity contribution in [2.75, 3.05) is 0 Å². The molecule has 120 valence electrons. The molecule has 1 amide bonds. The average Bonchev–Trinajstić information content (AvgIpc) is 2.60. The molecule has 1 aromatic heterocycles. The van der Waals surface area contributed by atoms with E-state index in [9.17, 15) is 13.6 Å². The molecule has 24 heavy (non-hydrogen) atoms.